The summed E-state index contributed by atoms with van der Waals surface area (Å²) >= 11 is 0. The molecule has 0 bridgehead atoms. The van der Waals surface area contributed by atoms with Gasteiger partial charge in [0.25, 0.3) is 0 Å². The number of hydrogen-bond acceptors (Lipinski definition) is 4. The smallest absolute Gasteiger partial charge is 0.410 e. The lowest BCUT2D eigenvalue weighted by atomic mass is 9.83. The number of nitrogens with one attached hydrogen (secondary N) is 1. The minimum absolute atomic E-state index is 0.150. The van der Waals surface area contributed by atoms with E-state index in [0.717, 1.165) is 0 Å². The van der Waals surface area contributed by atoms with Crippen molar-refractivity contribution in [1.82, 2.24) is 15.1 Å². The van der Waals surface area contributed by atoms with E-state index >= 15 is 0 Å². The van der Waals surface area contributed by atoms with E-state index in [1.54, 1.807) is 4.90 Å². The van der Waals surface area contributed by atoms with Gasteiger partial charge in [-0.25, -0.2) is 4.79 Å². The van der Waals surface area contributed by atoms with Gasteiger partial charge in [-0.2, -0.15) is 0 Å². The maximum absolute atomic E-state index is 12.6. The van der Waals surface area contributed by atoms with Crippen LogP contribution in [-0.4, -0.2) is 58.7 Å². The molecule has 2 saturated heterocycles. The molecule has 3 fully saturated rings. The number of rotatable bonds is 1. The first-order chi connectivity index (χ1) is 11.3. The molecule has 136 valence electrons. The molecule has 24 heavy (non-hydrogen) atoms. The van der Waals surface area contributed by atoms with Crippen molar-refractivity contribution in [2.45, 2.75) is 82.9 Å². The van der Waals surface area contributed by atoms with Crippen LogP contribution in [0, 0.1) is 0 Å². The van der Waals surface area contributed by atoms with Crippen LogP contribution in [0.1, 0.15) is 65.7 Å². The largest absolute Gasteiger partial charge is 0.444 e. The number of carbonyl (C=O) groups excluding carboxylic acids is 2. The third-order valence-corrected chi connectivity index (χ3v) is 5.64. The Morgan fingerprint density at radius 1 is 1.17 bits per heavy atom. The van der Waals surface area contributed by atoms with Gasteiger partial charge < -0.3 is 15.0 Å². The Bertz CT molecular complexity index is 486. The molecule has 3 rings (SSSR count). The van der Waals surface area contributed by atoms with Gasteiger partial charge in [-0.15, -0.1) is 0 Å². The van der Waals surface area contributed by atoms with Gasteiger partial charge in [-0.05, 0) is 46.5 Å². The zero-order valence-electron chi connectivity index (χ0n) is 15.3. The molecule has 3 aliphatic rings. The molecule has 0 atom stereocenters. The molecule has 2 amide bonds. The van der Waals surface area contributed by atoms with E-state index in [4.69, 9.17) is 4.74 Å². The predicted molar refractivity (Wildman–Crippen MR) is 91.5 cm³/mol. The van der Waals surface area contributed by atoms with Crippen molar-refractivity contribution >= 4 is 12.0 Å². The molecule has 1 N–H and O–H groups in total. The van der Waals surface area contributed by atoms with Gasteiger partial charge in [0.15, 0.2) is 0 Å². The average molecular weight is 337 g/mol. The number of nitrogens with zero attached hydrogens (tertiary/aromatic N) is 2. The van der Waals surface area contributed by atoms with Gasteiger partial charge in [0.2, 0.25) is 5.91 Å². The first-order valence-electron chi connectivity index (χ1n) is 9.35. The molecule has 0 radical (unpaired) electrons. The van der Waals surface area contributed by atoms with Gasteiger partial charge in [0, 0.05) is 19.1 Å². The number of amides is 2. The molecule has 1 aliphatic carbocycles. The molecular weight excluding hydrogens is 306 g/mol. The van der Waals surface area contributed by atoms with E-state index in [1.165, 1.54) is 32.1 Å². The second-order valence-electron chi connectivity index (χ2n) is 8.42. The summed E-state index contributed by atoms with van der Waals surface area (Å²) < 4.78 is 5.47. The first-order valence-corrected chi connectivity index (χ1v) is 9.35. The average Bonchev–Trinajstić information content (AvgIpc) is 2.84. The number of ether oxygens (including phenoxy) is 1. The molecule has 0 aromatic heterocycles. The lowest BCUT2D eigenvalue weighted by Crippen LogP contribution is -2.59. The van der Waals surface area contributed by atoms with Crippen molar-refractivity contribution in [3.8, 4) is 0 Å². The molecular formula is C18H31N3O3. The third kappa shape index (κ3) is 3.39. The van der Waals surface area contributed by atoms with Crippen LogP contribution in [0.2, 0.25) is 0 Å². The summed E-state index contributed by atoms with van der Waals surface area (Å²) in [5.74, 6) is 0.150. The fourth-order valence-electron chi connectivity index (χ4n) is 4.37. The van der Waals surface area contributed by atoms with Crippen LogP contribution in [0.15, 0.2) is 0 Å². The Balaban J connectivity index is 1.66. The zero-order valence-corrected chi connectivity index (χ0v) is 15.3. The highest BCUT2D eigenvalue weighted by atomic mass is 16.6. The number of likely N-dealkylation sites (tertiary alicyclic amines) is 1. The second kappa shape index (κ2) is 6.54. The van der Waals surface area contributed by atoms with Crippen LogP contribution >= 0.6 is 0 Å². The number of piperidine rings is 1. The van der Waals surface area contributed by atoms with E-state index in [9.17, 15) is 9.59 Å². The Labute approximate surface area is 144 Å². The van der Waals surface area contributed by atoms with Gasteiger partial charge in [-0.1, -0.05) is 19.3 Å². The lowest BCUT2D eigenvalue weighted by molar-refractivity contribution is -0.130. The zero-order chi connectivity index (χ0) is 17.4. The maximum atomic E-state index is 12.6. The number of carbonyl (C=O) groups is 2. The van der Waals surface area contributed by atoms with Crippen LogP contribution in [0.5, 0.6) is 0 Å². The van der Waals surface area contributed by atoms with E-state index in [0.29, 0.717) is 38.6 Å². The monoisotopic (exact) mass is 337 g/mol. The summed E-state index contributed by atoms with van der Waals surface area (Å²) in [6.45, 7) is 7.48. The summed E-state index contributed by atoms with van der Waals surface area (Å²) in [5, 5.41) is 3.06. The van der Waals surface area contributed by atoms with Gasteiger partial charge in [-0.3, -0.25) is 9.69 Å². The Morgan fingerprint density at radius 2 is 1.79 bits per heavy atom. The fourth-order valence-corrected chi connectivity index (χ4v) is 4.37. The molecule has 6 heteroatoms. The van der Waals surface area contributed by atoms with Gasteiger partial charge >= 0.3 is 6.09 Å². The van der Waals surface area contributed by atoms with Crippen LogP contribution in [0.25, 0.3) is 0 Å². The van der Waals surface area contributed by atoms with Gasteiger partial charge in [0.1, 0.15) is 11.1 Å². The van der Waals surface area contributed by atoms with Crippen LogP contribution in [0.3, 0.4) is 0 Å². The molecule has 0 aromatic carbocycles. The number of hydrogen-bond donors (Lipinski definition) is 1. The van der Waals surface area contributed by atoms with E-state index in [-0.39, 0.29) is 12.0 Å². The van der Waals surface area contributed by atoms with Crippen LogP contribution < -0.4 is 5.32 Å². The van der Waals surface area contributed by atoms with Crippen molar-refractivity contribution in [2.24, 2.45) is 0 Å². The fraction of sp³-hybridized carbons (Fsp3) is 0.889. The molecule has 0 unspecified atom stereocenters. The highest BCUT2D eigenvalue weighted by Gasteiger charge is 2.52. The highest BCUT2D eigenvalue weighted by Crippen LogP contribution is 2.37. The Kier molecular flexibility index (Phi) is 4.78. The molecule has 2 heterocycles. The lowest BCUT2D eigenvalue weighted by Gasteiger charge is -2.46. The van der Waals surface area contributed by atoms with Crippen molar-refractivity contribution < 1.29 is 14.3 Å². The Hall–Kier alpha value is -1.30. The molecule has 1 spiro atoms. The maximum Gasteiger partial charge on any atom is 0.410 e. The Morgan fingerprint density at radius 3 is 2.38 bits per heavy atom. The normalized spacial score (nSPS) is 25.8. The predicted octanol–water partition coefficient (Wildman–Crippen LogP) is 2.48. The van der Waals surface area contributed by atoms with Gasteiger partial charge in [0.05, 0.1) is 6.67 Å². The van der Waals surface area contributed by atoms with Crippen molar-refractivity contribution in [1.29, 1.82) is 0 Å². The minimum atomic E-state index is -0.481. The summed E-state index contributed by atoms with van der Waals surface area (Å²) in [6.07, 6.45) is 7.35. The van der Waals surface area contributed by atoms with Crippen LogP contribution in [0.4, 0.5) is 4.79 Å². The summed E-state index contributed by atoms with van der Waals surface area (Å²) in [7, 11) is 0. The SMILES string of the molecule is CC(C)(C)OC(=O)N1CCC2(CC1)C(=O)NCN2C1CCCCC1. The minimum Gasteiger partial charge on any atom is -0.444 e. The molecule has 6 nitrogen and oxygen atoms in total. The van der Waals surface area contributed by atoms with Crippen molar-refractivity contribution in [3.63, 3.8) is 0 Å². The van der Waals surface area contributed by atoms with E-state index in [1.807, 2.05) is 20.8 Å². The highest BCUT2D eigenvalue weighted by molar-refractivity contribution is 5.88. The van der Waals surface area contributed by atoms with Crippen molar-refractivity contribution in [2.75, 3.05) is 19.8 Å². The van der Waals surface area contributed by atoms with Crippen LogP contribution in [-0.2, 0) is 9.53 Å². The molecule has 2 aliphatic heterocycles. The standard InChI is InChI=1S/C18H31N3O3/c1-17(2,3)24-16(23)20-11-9-18(10-12-20)15(22)19-13-21(18)14-7-5-4-6-8-14/h14H,4-13H2,1-3H3,(H,19,22). The van der Waals surface area contributed by atoms with Crippen molar-refractivity contribution in [3.05, 3.63) is 0 Å². The van der Waals surface area contributed by atoms with E-state index < -0.39 is 11.1 Å². The third-order valence-electron chi connectivity index (χ3n) is 5.64. The summed E-state index contributed by atoms with van der Waals surface area (Å²) in [6, 6.07) is 0.505. The quantitative estimate of drug-likeness (QED) is 0.798. The van der Waals surface area contributed by atoms with E-state index in [2.05, 4.69) is 10.2 Å². The molecule has 1 saturated carbocycles. The first kappa shape index (κ1) is 17.5. The molecule has 0 aromatic rings. The summed E-state index contributed by atoms with van der Waals surface area (Å²) in [5.41, 5.74) is -0.897. The second-order valence-corrected chi connectivity index (χ2v) is 8.42. The summed E-state index contributed by atoms with van der Waals surface area (Å²) in [4.78, 5) is 29.0. The topological polar surface area (TPSA) is 61.9 Å².